The molecule has 2 rings (SSSR count). The van der Waals surface area contributed by atoms with Gasteiger partial charge in [0.1, 0.15) is 0 Å². The van der Waals surface area contributed by atoms with Crippen LogP contribution in [0.25, 0.3) is 0 Å². The van der Waals surface area contributed by atoms with Crippen molar-refractivity contribution >= 4 is 21.9 Å². The van der Waals surface area contributed by atoms with Gasteiger partial charge in [0.15, 0.2) is 0 Å². The third-order valence-corrected chi connectivity index (χ3v) is 3.47. The Balaban J connectivity index is 1.89. The average Bonchev–Trinajstić information content (AvgIpc) is 2.25. The molecule has 0 unspecified atom stereocenters. The van der Waals surface area contributed by atoms with E-state index in [9.17, 15) is 0 Å². The summed E-state index contributed by atoms with van der Waals surface area (Å²) >= 11 is 3.34. The summed E-state index contributed by atoms with van der Waals surface area (Å²) in [6, 6.07) is 0.557. The van der Waals surface area contributed by atoms with Gasteiger partial charge in [0.05, 0.1) is 4.47 Å². The highest BCUT2D eigenvalue weighted by atomic mass is 79.9. The lowest BCUT2D eigenvalue weighted by Crippen LogP contribution is -2.21. The van der Waals surface area contributed by atoms with Gasteiger partial charge in [-0.2, -0.15) is 0 Å². The lowest BCUT2D eigenvalue weighted by molar-refractivity contribution is 0.470. The summed E-state index contributed by atoms with van der Waals surface area (Å²) in [4.78, 5) is 8.51. The van der Waals surface area contributed by atoms with E-state index in [1.807, 2.05) is 0 Å². The van der Waals surface area contributed by atoms with E-state index in [4.69, 9.17) is 0 Å². The number of nitrogens with one attached hydrogen (secondary N) is 1. The topological polar surface area (TPSA) is 37.8 Å². The van der Waals surface area contributed by atoms with Crippen LogP contribution < -0.4 is 5.32 Å². The highest BCUT2D eigenvalue weighted by Gasteiger charge is 2.11. The Labute approximate surface area is 105 Å². The highest BCUT2D eigenvalue weighted by molar-refractivity contribution is 9.10. The fraction of sp³-hybridized carbons (Fsp3) is 0.667. The van der Waals surface area contributed by atoms with Crippen LogP contribution in [0.3, 0.4) is 0 Å². The Morgan fingerprint density at radius 3 is 2.19 bits per heavy atom. The molecule has 4 heteroatoms. The van der Waals surface area contributed by atoms with E-state index < -0.39 is 0 Å². The SMILES string of the molecule is Brc1cnc(NC2CCCCCCC2)nc1. The highest BCUT2D eigenvalue weighted by Crippen LogP contribution is 2.19. The molecule has 3 nitrogen and oxygen atoms in total. The molecule has 1 N–H and O–H groups in total. The second-order valence-corrected chi connectivity index (χ2v) is 5.33. The number of hydrogen-bond donors (Lipinski definition) is 1. The summed E-state index contributed by atoms with van der Waals surface area (Å²) in [5, 5.41) is 3.43. The van der Waals surface area contributed by atoms with E-state index in [0.29, 0.717) is 6.04 Å². The van der Waals surface area contributed by atoms with E-state index in [1.165, 1.54) is 44.9 Å². The molecule has 88 valence electrons. The Hall–Kier alpha value is -0.640. The van der Waals surface area contributed by atoms with Crippen LogP contribution in [0, 0.1) is 0 Å². The smallest absolute Gasteiger partial charge is 0.222 e. The van der Waals surface area contributed by atoms with Crippen molar-refractivity contribution in [3.05, 3.63) is 16.9 Å². The van der Waals surface area contributed by atoms with Crippen molar-refractivity contribution in [1.29, 1.82) is 0 Å². The zero-order valence-corrected chi connectivity index (χ0v) is 11.0. The van der Waals surface area contributed by atoms with Crippen molar-refractivity contribution in [3.8, 4) is 0 Å². The summed E-state index contributed by atoms with van der Waals surface area (Å²) in [6.07, 6.45) is 12.9. The van der Waals surface area contributed by atoms with Crippen LogP contribution in [0.5, 0.6) is 0 Å². The minimum Gasteiger partial charge on any atom is -0.351 e. The Morgan fingerprint density at radius 1 is 1.00 bits per heavy atom. The molecule has 0 amide bonds. The largest absolute Gasteiger partial charge is 0.351 e. The van der Waals surface area contributed by atoms with Crippen molar-refractivity contribution < 1.29 is 0 Å². The minimum atomic E-state index is 0.557. The molecule has 1 aromatic heterocycles. The summed E-state index contributed by atoms with van der Waals surface area (Å²) in [5.41, 5.74) is 0. The molecule has 0 bridgehead atoms. The predicted molar refractivity (Wildman–Crippen MR) is 69.5 cm³/mol. The van der Waals surface area contributed by atoms with Crippen molar-refractivity contribution in [3.63, 3.8) is 0 Å². The van der Waals surface area contributed by atoms with Crippen LogP contribution >= 0.6 is 15.9 Å². The monoisotopic (exact) mass is 283 g/mol. The van der Waals surface area contributed by atoms with E-state index >= 15 is 0 Å². The van der Waals surface area contributed by atoms with E-state index in [2.05, 4.69) is 31.2 Å². The average molecular weight is 284 g/mol. The quantitative estimate of drug-likeness (QED) is 0.898. The first-order valence-electron chi connectivity index (χ1n) is 6.09. The van der Waals surface area contributed by atoms with Gasteiger partial charge in [-0.15, -0.1) is 0 Å². The molecule has 1 aromatic rings. The molecule has 0 aliphatic heterocycles. The standard InChI is InChI=1S/C12H18BrN3/c13-10-8-14-12(15-9-10)16-11-6-4-2-1-3-5-7-11/h8-9,11H,1-7H2,(H,14,15,16). The van der Waals surface area contributed by atoms with Gasteiger partial charge in [0, 0.05) is 18.4 Å². The fourth-order valence-electron chi connectivity index (χ4n) is 2.17. The number of anilines is 1. The zero-order chi connectivity index (χ0) is 11.2. The molecule has 16 heavy (non-hydrogen) atoms. The van der Waals surface area contributed by atoms with E-state index in [-0.39, 0.29) is 0 Å². The normalized spacial score (nSPS) is 18.8. The van der Waals surface area contributed by atoms with Gasteiger partial charge in [-0.3, -0.25) is 0 Å². The third kappa shape index (κ3) is 3.74. The van der Waals surface area contributed by atoms with Crippen LogP contribution in [0.1, 0.15) is 44.9 Å². The van der Waals surface area contributed by atoms with Gasteiger partial charge in [0.2, 0.25) is 5.95 Å². The molecule has 0 atom stereocenters. The lowest BCUT2D eigenvalue weighted by Gasteiger charge is -2.20. The molecular weight excluding hydrogens is 266 g/mol. The molecular formula is C12H18BrN3. The molecule has 0 aromatic carbocycles. The second-order valence-electron chi connectivity index (χ2n) is 4.41. The van der Waals surface area contributed by atoms with E-state index in [0.717, 1.165) is 10.4 Å². The molecule has 1 fully saturated rings. The first kappa shape index (κ1) is 11.8. The number of aromatic nitrogens is 2. The summed E-state index contributed by atoms with van der Waals surface area (Å²) in [7, 11) is 0. The lowest BCUT2D eigenvalue weighted by atomic mass is 9.97. The number of nitrogens with zero attached hydrogens (tertiary/aromatic N) is 2. The van der Waals surface area contributed by atoms with Crippen LogP contribution in [-0.4, -0.2) is 16.0 Å². The van der Waals surface area contributed by atoms with Gasteiger partial charge in [-0.25, -0.2) is 9.97 Å². The molecule has 0 spiro atoms. The van der Waals surface area contributed by atoms with Crippen molar-refractivity contribution in [2.75, 3.05) is 5.32 Å². The summed E-state index contributed by atoms with van der Waals surface area (Å²) < 4.78 is 0.927. The molecule has 1 aliphatic rings. The molecule has 1 saturated carbocycles. The maximum atomic E-state index is 4.26. The predicted octanol–water partition coefficient (Wildman–Crippen LogP) is 3.76. The number of hydrogen-bond acceptors (Lipinski definition) is 3. The first-order chi connectivity index (χ1) is 7.84. The van der Waals surface area contributed by atoms with Crippen molar-refractivity contribution in [1.82, 2.24) is 9.97 Å². The molecule has 1 aliphatic carbocycles. The van der Waals surface area contributed by atoms with Gasteiger partial charge < -0.3 is 5.32 Å². The Kier molecular flexibility index (Phi) is 4.57. The second kappa shape index (κ2) is 6.18. The summed E-state index contributed by atoms with van der Waals surface area (Å²) in [6.45, 7) is 0. The van der Waals surface area contributed by atoms with Gasteiger partial charge in [-0.05, 0) is 28.8 Å². The van der Waals surface area contributed by atoms with Crippen molar-refractivity contribution in [2.45, 2.75) is 51.0 Å². The maximum Gasteiger partial charge on any atom is 0.222 e. The minimum absolute atomic E-state index is 0.557. The van der Waals surface area contributed by atoms with Crippen LogP contribution in [0.2, 0.25) is 0 Å². The number of halogens is 1. The Morgan fingerprint density at radius 2 is 1.56 bits per heavy atom. The maximum absolute atomic E-state index is 4.26. The summed E-state index contributed by atoms with van der Waals surface area (Å²) in [5.74, 6) is 0.758. The van der Waals surface area contributed by atoms with Crippen LogP contribution in [-0.2, 0) is 0 Å². The molecule has 1 heterocycles. The molecule has 0 radical (unpaired) electrons. The van der Waals surface area contributed by atoms with E-state index in [1.54, 1.807) is 12.4 Å². The third-order valence-electron chi connectivity index (χ3n) is 3.06. The fourth-order valence-corrected chi connectivity index (χ4v) is 2.37. The first-order valence-corrected chi connectivity index (χ1v) is 6.88. The van der Waals surface area contributed by atoms with Gasteiger partial charge in [-0.1, -0.05) is 32.1 Å². The number of rotatable bonds is 2. The zero-order valence-electron chi connectivity index (χ0n) is 9.45. The van der Waals surface area contributed by atoms with Crippen molar-refractivity contribution in [2.24, 2.45) is 0 Å². The molecule has 0 saturated heterocycles. The van der Waals surface area contributed by atoms with Crippen LogP contribution in [0.4, 0.5) is 5.95 Å². The van der Waals surface area contributed by atoms with Gasteiger partial charge >= 0.3 is 0 Å². The van der Waals surface area contributed by atoms with Gasteiger partial charge in [0.25, 0.3) is 0 Å². The van der Waals surface area contributed by atoms with Crippen LogP contribution in [0.15, 0.2) is 16.9 Å². The Bertz CT molecular complexity index is 305.